The molecule has 1 heterocycles. The van der Waals surface area contributed by atoms with Crippen LogP contribution in [0, 0.1) is 59.2 Å². The molecule has 55 heavy (non-hydrogen) atoms. The van der Waals surface area contributed by atoms with Crippen molar-refractivity contribution < 1.29 is 29.6 Å². The lowest BCUT2D eigenvalue weighted by Crippen LogP contribution is -2.62. The lowest BCUT2D eigenvalue weighted by Gasteiger charge is -2.65. The summed E-state index contributed by atoms with van der Waals surface area (Å²) >= 11 is 0. The second-order valence-corrected chi connectivity index (χ2v) is 18.7. The standard InChI is InChI=1S/C47H64N2O6/c1-28(2)47-36(29(3)12-19-41(51)52)16-17-37(47)34-15-14-33-26-46(54,23-22-45(33,5)38(34)25-40(47)50)21-20-31-13-18-39-35(24-31)43(42(30(4)49-39)44(53)55-6)48-27-32-10-8-7-9-11-32/h7-11,13,18,24,28-29,33-34,36-38,40,50,54H,12,14-17,19-23,25-27H2,1-6H3,(H,48,49)(H,51,52)/t29-,33?,34?,36-,37?,38?,40+,45+,46-,47-/m1/s1. The number of benzene rings is 2. The normalized spacial score (nSPS) is 33.4. The van der Waals surface area contributed by atoms with Gasteiger partial charge in [-0.15, -0.1) is 0 Å². The first-order valence-electron chi connectivity index (χ1n) is 21.1. The number of aryl methyl sites for hydroxylation is 2. The van der Waals surface area contributed by atoms with Crippen LogP contribution in [0.25, 0.3) is 10.9 Å². The van der Waals surface area contributed by atoms with E-state index in [2.05, 4.69) is 57.3 Å². The van der Waals surface area contributed by atoms with E-state index in [9.17, 15) is 24.9 Å². The summed E-state index contributed by atoms with van der Waals surface area (Å²) in [4.78, 5) is 29.3. The summed E-state index contributed by atoms with van der Waals surface area (Å²) < 4.78 is 5.20. The van der Waals surface area contributed by atoms with E-state index in [0.29, 0.717) is 66.2 Å². The number of carbonyl (C=O) groups is 2. The number of pyridine rings is 1. The summed E-state index contributed by atoms with van der Waals surface area (Å²) in [5.41, 5.74) is 4.00. The number of nitrogens with zero attached hydrogens (tertiary/aromatic N) is 1. The highest BCUT2D eigenvalue weighted by molar-refractivity contribution is 6.06. The molecule has 1 aromatic heterocycles. The Hall–Kier alpha value is -3.49. The monoisotopic (exact) mass is 752 g/mol. The van der Waals surface area contributed by atoms with Gasteiger partial charge in [-0.2, -0.15) is 0 Å². The number of aromatic nitrogens is 1. The molecule has 0 aliphatic heterocycles. The second-order valence-electron chi connectivity index (χ2n) is 18.7. The van der Waals surface area contributed by atoms with Gasteiger partial charge in [-0.1, -0.05) is 64.1 Å². The van der Waals surface area contributed by atoms with Crippen molar-refractivity contribution in [2.75, 3.05) is 12.4 Å². The highest BCUT2D eigenvalue weighted by Gasteiger charge is 2.66. The van der Waals surface area contributed by atoms with Gasteiger partial charge >= 0.3 is 11.9 Å². The number of ether oxygens (including phenoxy) is 1. The molecule has 4 aliphatic rings. The van der Waals surface area contributed by atoms with Gasteiger partial charge < -0.3 is 25.4 Å². The highest BCUT2D eigenvalue weighted by atomic mass is 16.5. The second kappa shape index (κ2) is 15.5. The summed E-state index contributed by atoms with van der Waals surface area (Å²) in [5, 5.41) is 38.4. The van der Waals surface area contributed by atoms with Gasteiger partial charge in [0.05, 0.1) is 35.7 Å². The number of aliphatic hydroxyl groups is 2. The molecule has 7 rings (SSSR count). The van der Waals surface area contributed by atoms with Crippen molar-refractivity contribution in [1.82, 2.24) is 4.98 Å². The molecule has 4 saturated carbocycles. The van der Waals surface area contributed by atoms with Gasteiger partial charge in [0, 0.05) is 23.8 Å². The van der Waals surface area contributed by atoms with Gasteiger partial charge in [0.1, 0.15) is 5.56 Å². The van der Waals surface area contributed by atoms with Crippen molar-refractivity contribution in [3.8, 4) is 0 Å². The zero-order valence-electron chi connectivity index (χ0n) is 33.9. The number of rotatable bonds is 12. The molecule has 4 unspecified atom stereocenters. The Kier molecular flexibility index (Phi) is 11.2. The van der Waals surface area contributed by atoms with Crippen LogP contribution in [0.1, 0.15) is 126 Å². The number of esters is 1. The number of fused-ring (bicyclic) bond motifs is 6. The molecule has 10 atom stereocenters. The number of carbonyl (C=O) groups excluding carboxylic acids is 1. The number of carboxylic acids is 1. The molecule has 0 saturated heterocycles. The smallest absolute Gasteiger partial charge is 0.341 e. The van der Waals surface area contributed by atoms with E-state index in [0.717, 1.165) is 85.5 Å². The minimum absolute atomic E-state index is 0.0857. The zero-order valence-corrected chi connectivity index (χ0v) is 33.9. The Balaban J connectivity index is 1.08. The minimum atomic E-state index is -0.754. The third kappa shape index (κ3) is 7.09. The first-order chi connectivity index (χ1) is 26.2. The van der Waals surface area contributed by atoms with Crippen LogP contribution in [0.5, 0.6) is 0 Å². The molecule has 0 amide bonds. The van der Waals surface area contributed by atoms with Gasteiger partial charge in [0.25, 0.3) is 0 Å². The van der Waals surface area contributed by atoms with E-state index in [4.69, 9.17) is 9.72 Å². The maximum atomic E-state index is 13.0. The first-order valence-corrected chi connectivity index (χ1v) is 21.1. The molecule has 0 spiro atoms. The molecule has 8 nitrogen and oxygen atoms in total. The SMILES string of the molecule is COC(=O)c1c(C)nc2ccc(CC[C@@]3(O)CC[C@@]4(C)C(CCC5C4C[C@H](O)[C@@]4(C(C)C)C5CC[C@@H]4[C@H](C)CCC(=O)O)C3)cc2c1NCc1ccccc1. The maximum absolute atomic E-state index is 13.0. The van der Waals surface area contributed by atoms with E-state index in [1.165, 1.54) is 7.11 Å². The number of methoxy groups -OCH3 is 1. The highest BCUT2D eigenvalue weighted by Crippen LogP contribution is 2.71. The number of aliphatic carboxylic acids is 1. The van der Waals surface area contributed by atoms with E-state index >= 15 is 0 Å². The van der Waals surface area contributed by atoms with Crippen LogP contribution in [-0.4, -0.2) is 51.1 Å². The predicted octanol–water partition coefficient (Wildman–Crippen LogP) is 9.37. The topological polar surface area (TPSA) is 129 Å². The molecule has 0 bridgehead atoms. The van der Waals surface area contributed by atoms with Gasteiger partial charge in [-0.05, 0) is 148 Å². The summed E-state index contributed by atoms with van der Waals surface area (Å²) in [5.74, 6) is 1.73. The van der Waals surface area contributed by atoms with E-state index in [-0.39, 0.29) is 29.3 Å². The van der Waals surface area contributed by atoms with E-state index in [1.807, 2.05) is 31.2 Å². The lowest BCUT2D eigenvalue weighted by molar-refractivity contribution is -0.204. The van der Waals surface area contributed by atoms with Crippen molar-refractivity contribution >= 4 is 28.5 Å². The number of anilines is 1. The Morgan fingerprint density at radius 1 is 1.00 bits per heavy atom. The van der Waals surface area contributed by atoms with Gasteiger partial charge in [0.15, 0.2) is 0 Å². The Morgan fingerprint density at radius 2 is 1.76 bits per heavy atom. The van der Waals surface area contributed by atoms with Crippen LogP contribution in [0.15, 0.2) is 48.5 Å². The summed E-state index contributed by atoms with van der Waals surface area (Å²) in [6.07, 6.45) is 9.73. The molecular formula is C47H64N2O6. The van der Waals surface area contributed by atoms with Gasteiger partial charge in [0.2, 0.25) is 0 Å². The summed E-state index contributed by atoms with van der Waals surface area (Å²) in [7, 11) is 1.40. The number of nitrogens with one attached hydrogen (secondary N) is 1. The lowest BCUT2D eigenvalue weighted by atomic mass is 9.41. The number of hydrogen-bond donors (Lipinski definition) is 4. The van der Waals surface area contributed by atoms with Crippen molar-refractivity contribution in [3.63, 3.8) is 0 Å². The quantitative estimate of drug-likeness (QED) is 0.135. The summed E-state index contributed by atoms with van der Waals surface area (Å²) in [6.45, 7) is 11.7. The first kappa shape index (κ1) is 39.7. The molecule has 3 aromatic rings. The Morgan fingerprint density at radius 3 is 2.47 bits per heavy atom. The van der Waals surface area contributed by atoms with E-state index < -0.39 is 17.5 Å². The van der Waals surface area contributed by atoms with Crippen LogP contribution >= 0.6 is 0 Å². The Labute approximate surface area is 327 Å². The fourth-order valence-corrected chi connectivity index (χ4v) is 13.2. The van der Waals surface area contributed by atoms with Crippen LogP contribution < -0.4 is 5.32 Å². The molecule has 4 fully saturated rings. The molecule has 4 N–H and O–H groups in total. The van der Waals surface area contributed by atoms with Crippen molar-refractivity contribution in [1.29, 1.82) is 0 Å². The third-order valence-electron chi connectivity index (χ3n) is 15.9. The van der Waals surface area contributed by atoms with Crippen LogP contribution in [0.2, 0.25) is 0 Å². The maximum Gasteiger partial charge on any atom is 0.341 e. The van der Waals surface area contributed by atoms with Crippen LogP contribution in [0.4, 0.5) is 5.69 Å². The zero-order chi connectivity index (χ0) is 39.3. The molecule has 8 heteroatoms. The minimum Gasteiger partial charge on any atom is -0.481 e. The van der Waals surface area contributed by atoms with Crippen LogP contribution in [0.3, 0.4) is 0 Å². The average molecular weight is 753 g/mol. The average Bonchev–Trinajstić information content (AvgIpc) is 3.59. The molecule has 4 aliphatic carbocycles. The fourth-order valence-electron chi connectivity index (χ4n) is 13.2. The van der Waals surface area contributed by atoms with Crippen molar-refractivity contribution in [2.24, 2.45) is 52.3 Å². The fraction of sp³-hybridized carbons (Fsp3) is 0.638. The number of aliphatic hydroxyl groups excluding tert-OH is 1. The summed E-state index contributed by atoms with van der Waals surface area (Å²) in [6, 6.07) is 16.4. The number of hydrogen-bond acceptors (Lipinski definition) is 7. The van der Waals surface area contributed by atoms with Crippen molar-refractivity contribution in [2.45, 2.75) is 130 Å². The number of carboxylic acid groups (broad SMARTS) is 1. The van der Waals surface area contributed by atoms with Gasteiger partial charge in [-0.25, -0.2) is 4.79 Å². The van der Waals surface area contributed by atoms with Crippen LogP contribution in [-0.2, 0) is 22.5 Å². The third-order valence-corrected chi connectivity index (χ3v) is 15.9. The molecule has 298 valence electrons. The largest absolute Gasteiger partial charge is 0.481 e. The van der Waals surface area contributed by atoms with Gasteiger partial charge in [-0.3, -0.25) is 9.78 Å². The van der Waals surface area contributed by atoms with Crippen molar-refractivity contribution in [3.05, 3.63) is 70.9 Å². The molecular weight excluding hydrogens is 689 g/mol. The molecule has 2 aromatic carbocycles. The Bertz CT molecular complexity index is 1880. The van der Waals surface area contributed by atoms with E-state index in [1.54, 1.807) is 0 Å². The molecule has 0 radical (unpaired) electrons. The predicted molar refractivity (Wildman–Crippen MR) is 217 cm³/mol.